The molecule has 1 aliphatic carbocycles. The minimum Gasteiger partial charge on any atom is -0.390 e. The van der Waals surface area contributed by atoms with Gasteiger partial charge in [-0.1, -0.05) is 0 Å². The number of hydrogen-bond acceptors (Lipinski definition) is 11. The van der Waals surface area contributed by atoms with E-state index < -0.39 is 67.1 Å². The van der Waals surface area contributed by atoms with E-state index in [0.717, 1.165) is 0 Å². The van der Waals surface area contributed by atoms with E-state index in [1.165, 1.54) is 0 Å². The van der Waals surface area contributed by atoms with Crippen LogP contribution >= 0.6 is 0 Å². The molecule has 13 N–H and O–H groups in total. The summed E-state index contributed by atoms with van der Waals surface area (Å²) >= 11 is 0. The summed E-state index contributed by atoms with van der Waals surface area (Å²) in [6.45, 7) is -0.0970. The van der Waals surface area contributed by atoms with Gasteiger partial charge in [-0.25, -0.2) is 0 Å². The summed E-state index contributed by atoms with van der Waals surface area (Å²) in [6, 6.07) is -3.39. The van der Waals surface area contributed by atoms with Gasteiger partial charge in [0.05, 0.1) is 24.2 Å². The lowest BCUT2D eigenvalue weighted by atomic mass is 9.82. The van der Waals surface area contributed by atoms with E-state index in [9.17, 15) is 25.5 Å². The quantitative estimate of drug-likeness (QED) is 0.235. The van der Waals surface area contributed by atoms with Crippen molar-refractivity contribution in [3.8, 4) is 0 Å². The summed E-state index contributed by atoms with van der Waals surface area (Å²) in [6.07, 6.45) is -10.3. The minimum atomic E-state index is -1.49. The van der Waals surface area contributed by atoms with Crippen LogP contribution < -0.4 is 22.9 Å². The van der Waals surface area contributed by atoms with Crippen LogP contribution in [0, 0.1) is 0 Å². The monoisotopic (exact) mass is 338 g/mol. The lowest BCUT2D eigenvalue weighted by Crippen LogP contribution is -2.71. The summed E-state index contributed by atoms with van der Waals surface area (Å²) in [4.78, 5) is 0. The Morgan fingerprint density at radius 2 is 1.30 bits per heavy atom. The fraction of sp³-hybridized carbons (Fsp3) is 1.00. The van der Waals surface area contributed by atoms with Crippen molar-refractivity contribution in [3.05, 3.63) is 0 Å². The molecule has 1 saturated carbocycles. The van der Waals surface area contributed by atoms with Crippen LogP contribution in [0.15, 0.2) is 0 Å². The largest absolute Gasteiger partial charge is 0.390 e. The number of hydrogen-bond donors (Lipinski definition) is 9. The van der Waals surface area contributed by atoms with Crippen LogP contribution in [0.3, 0.4) is 0 Å². The molecule has 11 atom stereocenters. The van der Waals surface area contributed by atoms with E-state index in [1.54, 1.807) is 0 Å². The first kappa shape index (κ1) is 18.9. The van der Waals surface area contributed by atoms with E-state index in [2.05, 4.69) is 0 Å². The molecule has 0 aromatic heterocycles. The Morgan fingerprint density at radius 3 is 1.87 bits per heavy atom. The molecule has 11 nitrogen and oxygen atoms in total. The normalized spacial score (nSPS) is 54.9. The van der Waals surface area contributed by atoms with E-state index in [0.29, 0.717) is 0 Å². The van der Waals surface area contributed by atoms with Crippen LogP contribution in [0.1, 0.15) is 0 Å². The summed E-state index contributed by atoms with van der Waals surface area (Å²) in [5.74, 6) is 0. The fourth-order valence-corrected chi connectivity index (χ4v) is 2.90. The van der Waals surface area contributed by atoms with Gasteiger partial charge >= 0.3 is 0 Å². The second-order valence-electron chi connectivity index (χ2n) is 6.06. The van der Waals surface area contributed by atoms with Gasteiger partial charge in [0.15, 0.2) is 6.29 Å². The molecular weight excluding hydrogens is 312 g/mol. The van der Waals surface area contributed by atoms with Gasteiger partial charge in [-0.2, -0.15) is 0 Å². The third-order valence-corrected chi connectivity index (χ3v) is 4.52. The molecule has 0 amide bonds. The van der Waals surface area contributed by atoms with E-state index in [4.69, 9.17) is 32.4 Å². The topological polar surface area (TPSA) is 224 Å². The summed E-state index contributed by atoms with van der Waals surface area (Å²) in [7, 11) is 0. The standard InChI is InChI=1S/C12H26N4O7/c13-1-2-6(17)9(20)5(16)12(22-2)23-11-4(15)7(18)3(14)8(19)10(11)21/h2-12,17-21H,1,13-16H2/t2-,3-,4+,5-,6-,7-,8+,9-,10-,11-,12-/m1/s1. The molecule has 1 heterocycles. The first-order valence-electron chi connectivity index (χ1n) is 7.38. The molecule has 0 spiro atoms. The molecule has 136 valence electrons. The molecule has 2 fully saturated rings. The molecule has 2 aliphatic rings. The Labute approximate surface area is 132 Å². The van der Waals surface area contributed by atoms with Crippen molar-refractivity contribution in [2.45, 2.75) is 67.1 Å². The average Bonchev–Trinajstić information content (AvgIpc) is 2.54. The average molecular weight is 338 g/mol. The molecule has 23 heavy (non-hydrogen) atoms. The van der Waals surface area contributed by atoms with Crippen LogP contribution in [-0.4, -0.2) is 99.2 Å². The lowest BCUT2D eigenvalue weighted by molar-refractivity contribution is -0.292. The predicted molar refractivity (Wildman–Crippen MR) is 76.5 cm³/mol. The van der Waals surface area contributed by atoms with Crippen LogP contribution in [0.5, 0.6) is 0 Å². The van der Waals surface area contributed by atoms with Crippen molar-refractivity contribution < 1.29 is 35.0 Å². The molecule has 0 aromatic carbocycles. The highest BCUT2D eigenvalue weighted by molar-refractivity contribution is 5.04. The molecule has 0 bridgehead atoms. The van der Waals surface area contributed by atoms with Crippen molar-refractivity contribution in [2.24, 2.45) is 22.9 Å². The zero-order valence-electron chi connectivity index (χ0n) is 12.4. The highest BCUT2D eigenvalue weighted by Crippen LogP contribution is 2.27. The van der Waals surface area contributed by atoms with Gasteiger partial charge in [0.2, 0.25) is 0 Å². The van der Waals surface area contributed by atoms with Gasteiger partial charge in [0, 0.05) is 6.54 Å². The lowest BCUT2D eigenvalue weighted by Gasteiger charge is -2.47. The molecule has 1 aliphatic heterocycles. The van der Waals surface area contributed by atoms with Crippen molar-refractivity contribution in [1.82, 2.24) is 0 Å². The zero-order chi connectivity index (χ0) is 17.5. The first-order valence-corrected chi connectivity index (χ1v) is 7.38. The van der Waals surface area contributed by atoms with Crippen molar-refractivity contribution in [2.75, 3.05) is 6.54 Å². The molecule has 0 unspecified atom stereocenters. The maximum absolute atomic E-state index is 10.1. The zero-order valence-corrected chi connectivity index (χ0v) is 12.4. The number of nitrogens with two attached hydrogens (primary N) is 4. The Hall–Kier alpha value is -0.440. The fourth-order valence-electron chi connectivity index (χ4n) is 2.90. The van der Waals surface area contributed by atoms with E-state index in [1.807, 2.05) is 0 Å². The van der Waals surface area contributed by atoms with Gasteiger partial charge < -0.3 is 57.9 Å². The maximum Gasteiger partial charge on any atom is 0.176 e. The maximum atomic E-state index is 10.1. The SMILES string of the molecule is NC[C@H]1O[C@H](O[C@@H]2[C@@H](N)[C@H](O)[C@@H](N)[C@H](O)[C@H]2O)[C@H](N)[C@@H](O)[C@@H]1O. The van der Waals surface area contributed by atoms with Crippen molar-refractivity contribution in [3.63, 3.8) is 0 Å². The van der Waals surface area contributed by atoms with Crippen molar-refractivity contribution >= 4 is 0 Å². The number of ether oxygens (including phenoxy) is 2. The van der Waals surface area contributed by atoms with Gasteiger partial charge in [0.1, 0.15) is 36.6 Å². The molecular formula is C12H26N4O7. The number of rotatable bonds is 3. The van der Waals surface area contributed by atoms with E-state index in [-0.39, 0.29) is 6.54 Å². The molecule has 0 aromatic rings. The summed E-state index contributed by atoms with van der Waals surface area (Å²) in [5, 5.41) is 49.5. The summed E-state index contributed by atoms with van der Waals surface area (Å²) in [5.41, 5.74) is 22.6. The Morgan fingerprint density at radius 1 is 0.739 bits per heavy atom. The molecule has 11 heteroatoms. The molecule has 1 saturated heterocycles. The van der Waals surface area contributed by atoms with Crippen LogP contribution in [0.2, 0.25) is 0 Å². The van der Waals surface area contributed by atoms with Crippen LogP contribution in [0.25, 0.3) is 0 Å². The van der Waals surface area contributed by atoms with Crippen LogP contribution in [-0.2, 0) is 9.47 Å². The second kappa shape index (κ2) is 7.21. The van der Waals surface area contributed by atoms with Gasteiger partial charge in [0.25, 0.3) is 0 Å². The summed E-state index contributed by atoms with van der Waals surface area (Å²) < 4.78 is 10.9. The predicted octanol–water partition coefficient (Wildman–Crippen LogP) is -6.14. The van der Waals surface area contributed by atoms with Gasteiger partial charge in [-0.15, -0.1) is 0 Å². The molecule has 0 radical (unpaired) electrons. The van der Waals surface area contributed by atoms with Gasteiger partial charge in [-0.3, -0.25) is 0 Å². The smallest absolute Gasteiger partial charge is 0.176 e. The first-order chi connectivity index (χ1) is 10.7. The van der Waals surface area contributed by atoms with Crippen molar-refractivity contribution in [1.29, 1.82) is 0 Å². The third-order valence-electron chi connectivity index (χ3n) is 4.52. The molecule has 2 rings (SSSR count). The van der Waals surface area contributed by atoms with E-state index >= 15 is 0 Å². The van der Waals surface area contributed by atoms with Crippen LogP contribution in [0.4, 0.5) is 0 Å². The highest BCUT2D eigenvalue weighted by atomic mass is 16.7. The third kappa shape index (κ3) is 3.36. The Bertz CT molecular complexity index is 388. The minimum absolute atomic E-state index is 0.0970. The number of aliphatic hydroxyl groups is 5. The second-order valence-corrected chi connectivity index (χ2v) is 6.06. The highest BCUT2D eigenvalue weighted by Gasteiger charge is 2.50. The Kier molecular flexibility index (Phi) is 5.92. The van der Waals surface area contributed by atoms with Gasteiger partial charge in [-0.05, 0) is 0 Å². The number of aliphatic hydroxyl groups excluding tert-OH is 5. The Balaban J connectivity index is 2.13.